The van der Waals surface area contributed by atoms with Gasteiger partial charge in [-0.3, -0.25) is 4.79 Å². The van der Waals surface area contributed by atoms with Gasteiger partial charge in [-0.25, -0.2) is 8.42 Å². The summed E-state index contributed by atoms with van der Waals surface area (Å²) in [5.74, 6) is -0.557. The van der Waals surface area contributed by atoms with Gasteiger partial charge in [0.2, 0.25) is 15.9 Å². The number of rotatable bonds is 5. The van der Waals surface area contributed by atoms with Gasteiger partial charge in [-0.15, -0.1) is 0 Å². The molecule has 0 aromatic heterocycles. The Hall–Kier alpha value is -1.44. The second-order valence-electron chi connectivity index (χ2n) is 5.53. The number of nitrogens with zero attached hydrogens (tertiary/aromatic N) is 1. The third-order valence-electron chi connectivity index (χ3n) is 3.82. The lowest BCUT2D eigenvalue weighted by molar-refractivity contribution is -0.126. The van der Waals surface area contributed by atoms with Crippen molar-refractivity contribution >= 4 is 15.9 Å². The van der Waals surface area contributed by atoms with E-state index in [9.17, 15) is 13.2 Å². The van der Waals surface area contributed by atoms with E-state index in [1.165, 1.54) is 4.31 Å². The minimum Gasteiger partial charge on any atom is -0.395 e. The highest BCUT2D eigenvalue weighted by Gasteiger charge is 2.33. The minimum absolute atomic E-state index is 0.121. The molecule has 0 saturated carbocycles. The van der Waals surface area contributed by atoms with Gasteiger partial charge in [0.15, 0.2) is 0 Å². The van der Waals surface area contributed by atoms with E-state index >= 15 is 0 Å². The van der Waals surface area contributed by atoms with Crippen LogP contribution in [0.4, 0.5) is 0 Å². The molecule has 1 saturated heterocycles. The SMILES string of the molecule is Cc1ccc(S(=O)(=O)N2CCCC(C(=O)NCCO)C2)cc1. The number of piperidine rings is 1. The second kappa shape index (κ2) is 7.21. The fraction of sp³-hybridized carbons (Fsp3) is 0.533. The number of hydrogen-bond donors (Lipinski definition) is 2. The molecular formula is C15H22N2O4S. The standard InChI is InChI=1S/C15H22N2O4S/c1-12-4-6-14(7-5-12)22(20,21)17-9-2-3-13(11-17)15(19)16-8-10-18/h4-7,13,18H,2-3,8-11H2,1H3,(H,16,19). The van der Waals surface area contributed by atoms with Crippen LogP contribution in [-0.4, -0.2) is 50.0 Å². The number of sulfonamides is 1. The molecule has 2 rings (SSSR count). The van der Waals surface area contributed by atoms with Crippen LogP contribution >= 0.6 is 0 Å². The average molecular weight is 326 g/mol. The van der Waals surface area contributed by atoms with E-state index < -0.39 is 10.0 Å². The lowest BCUT2D eigenvalue weighted by atomic mass is 9.99. The highest BCUT2D eigenvalue weighted by Crippen LogP contribution is 2.24. The minimum atomic E-state index is -3.56. The van der Waals surface area contributed by atoms with Gasteiger partial charge in [0.25, 0.3) is 0 Å². The van der Waals surface area contributed by atoms with Gasteiger partial charge in [0.1, 0.15) is 0 Å². The molecule has 6 nitrogen and oxygen atoms in total. The van der Waals surface area contributed by atoms with Gasteiger partial charge < -0.3 is 10.4 Å². The molecule has 1 aromatic rings. The summed E-state index contributed by atoms with van der Waals surface area (Å²) in [6.45, 7) is 2.59. The Morgan fingerprint density at radius 3 is 2.68 bits per heavy atom. The van der Waals surface area contributed by atoms with Crippen molar-refractivity contribution in [3.63, 3.8) is 0 Å². The first-order chi connectivity index (χ1) is 10.4. The van der Waals surface area contributed by atoms with E-state index in [2.05, 4.69) is 5.32 Å². The van der Waals surface area contributed by atoms with Gasteiger partial charge in [-0.1, -0.05) is 17.7 Å². The van der Waals surface area contributed by atoms with Gasteiger partial charge in [-0.2, -0.15) is 4.31 Å². The number of aliphatic hydroxyl groups is 1. The van der Waals surface area contributed by atoms with E-state index in [0.717, 1.165) is 5.56 Å². The number of aliphatic hydroxyl groups excluding tert-OH is 1. The number of carbonyl (C=O) groups is 1. The molecule has 1 atom stereocenters. The molecule has 1 aliphatic rings. The van der Waals surface area contributed by atoms with Crippen LogP contribution in [0.15, 0.2) is 29.2 Å². The summed E-state index contributed by atoms with van der Waals surface area (Å²) in [6.07, 6.45) is 1.32. The van der Waals surface area contributed by atoms with E-state index in [1.54, 1.807) is 24.3 Å². The van der Waals surface area contributed by atoms with Crippen LogP contribution in [0.3, 0.4) is 0 Å². The summed E-state index contributed by atoms with van der Waals surface area (Å²) in [4.78, 5) is 12.2. The van der Waals surface area contributed by atoms with Crippen molar-refractivity contribution in [2.24, 2.45) is 5.92 Å². The number of benzene rings is 1. The monoisotopic (exact) mass is 326 g/mol. The molecule has 1 heterocycles. The number of nitrogens with one attached hydrogen (secondary N) is 1. The van der Waals surface area contributed by atoms with E-state index in [1.807, 2.05) is 6.92 Å². The number of hydrogen-bond acceptors (Lipinski definition) is 4. The molecule has 22 heavy (non-hydrogen) atoms. The van der Waals surface area contributed by atoms with E-state index in [-0.39, 0.29) is 36.4 Å². The zero-order chi connectivity index (χ0) is 16.2. The summed E-state index contributed by atoms with van der Waals surface area (Å²) >= 11 is 0. The summed E-state index contributed by atoms with van der Waals surface area (Å²) in [7, 11) is -3.56. The highest BCUT2D eigenvalue weighted by molar-refractivity contribution is 7.89. The summed E-state index contributed by atoms with van der Waals surface area (Å²) in [6, 6.07) is 6.73. The highest BCUT2D eigenvalue weighted by atomic mass is 32.2. The van der Waals surface area contributed by atoms with Gasteiger partial charge in [0.05, 0.1) is 17.4 Å². The molecule has 122 valence electrons. The Kier molecular flexibility index (Phi) is 5.55. The average Bonchev–Trinajstić information content (AvgIpc) is 2.53. The van der Waals surface area contributed by atoms with Crippen LogP contribution in [-0.2, 0) is 14.8 Å². The van der Waals surface area contributed by atoms with Crippen molar-refractivity contribution in [2.45, 2.75) is 24.7 Å². The quantitative estimate of drug-likeness (QED) is 0.825. The first kappa shape index (κ1) is 16.9. The van der Waals surface area contributed by atoms with Crippen molar-refractivity contribution in [3.8, 4) is 0 Å². The first-order valence-corrected chi connectivity index (χ1v) is 8.84. The first-order valence-electron chi connectivity index (χ1n) is 7.40. The molecule has 0 spiro atoms. The molecule has 1 fully saturated rings. The molecule has 1 amide bonds. The molecule has 1 aliphatic heterocycles. The largest absolute Gasteiger partial charge is 0.395 e. The Bertz CT molecular complexity index is 613. The van der Waals surface area contributed by atoms with Gasteiger partial charge in [0, 0.05) is 19.6 Å². The fourth-order valence-corrected chi connectivity index (χ4v) is 4.08. The van der Waals surface area contributed by atoms with E-state index in [0.29, 0.717) is 19.4 Å². The molecule has 1 aromatic carbocycles. The number of aryl methyl sites for hydroxylation is 1. The van der Waals surface area contributed by atoms with Gasteiger partial charge in [-0.05, 0) is 31.9 Å². The lowest BCUT2D eigenvalue weighted by Gasteiger charge is -2.31. The molecule has 2 N–H and O–H groups in total. The van der Waals surface area contributed by atoms with Crippen LogP contribution < -0.4 is 5.32 Å². The maximum Gasteiger partial charge on any atom is 0.243 e. The van der Waals surface area contributed by atoms with Crippen LogP contribution in [0.25, 0.3) is 0 Å². The zero-order valence-electron chi connectivity index (χ0n) is 12.7. The van der Waals surface area contributed by atoms with Crippen molar-refractivity contribution in [2.75, 3.05) is 26.2 Å². The maximum absolute atomic E-state index is 12.6. The van der Waals surface area contributed by atoms with E-state index in [4.69, 9.17) is 5.11 Å². The number of carbonyl (C=O) groups excluding carboxylic acids is 1. The summed E-state index contributed by atoms with van der Waals surface area (Å²) in [5, 5.41) is 11.4. The Labute approximate surface area is 131 Å². The van der Waals surface area contributed by atoms with Crippen molar-refractivity contribution in [3.05, 3.63) is 29.8 Å². The molecule has 0 aliphatic carbocycles. The Morgan fingerprint density at radius 2 is 2.05 bits per heavy atom. The topological polar surface area (TPSA) is 86.7 Å². The second-order valence-corrected chi connectivity index (χ2v) is 7.47. The zero-order valence-corrected chi connectivity index (χ0v) is 13.5. The maximum atomic E-state index is 12.6. The normalized spacial score (nSPS) is 19.8. The number of amides is 1. The fourth-order valence-electron chi connectivity index (χ4n) is 2.56. The van der Waals surface area contributed by atoms with Crippen molar-refractivity contribution in [1.29, 1.82) is 0 Å². The van der Waals surface area contributed by atoms with Crippen LogP contribution in [0.2, 0.25) is 0 Å². The summed E-state index contributed by atoms with van der Waals surface area (Å²) < 4.78 is 26.6. The van der Waals surface area contributed by atoms with Crippen LogP contribution in [0.1, 0.15) is 18.4 Å². The molecule has 1 unspecified atom stereocenters. The molecule has 7 heteroatoms. The lowest BCUT2D eigenvalue weighted by Crippen LogP contribution is -2.45. The Balaban J connectivity index is 2.11. The summed E-state index contributed by atoms with van der Waals surface area (Å²) in [5.41, 5.74) is 0.999. The Morgan fingerprint density at radius 1 is 1.36 bits per heavy atom. The predicted octanol–water partition coefficient (Wildman–Crippen LogP) is 0.504. The van der Waals surface area contributed by atoms with Crippen LogP contribution in [0.5, 0.6) is 0 Å². The third kappa shape index (κ3) is 3.85. The van der Waals surface area contributed by atoms with Crippen LogP contribution in [0, 0.1) is 12.8 Å². The smallest absolute Gasteiger partial charge is 0.243 e. The molecular weight excluding hydrogens is 304 g/mol. The van der Waals surface area contributed by atoms with Crippen molar-refractivity contribution in [1.82, 2.24) is 9.62 Å². The molecule has 0 bridgehead atoms. The predicted molar refractivity (Wildman–Crippen MR) is 82.8 cm³/mol. The molecule has 0 radical (unpaired) electrons. The van der Waals surface area contributed by atoms with Gasteiger partial charge >= 0.3 is 0 Å². The third-order valence-corrected chi connectivity index (χ3v) is 5.70. The van der Waals surface area contributed by atoms with Crippen molar-refractivity contribution < 1.29 is 18.3 Å².